The van der Waals surface area contributed by atoms with Crippen molar-refractivity contribution in [3.8, 4) is 0 Å². The van der Waals surface area contributed by atoms with Crippen molar-refractivity contribution in [1.29, 1.82) is 0 Å². The fraction of sp³-hybridized carbons (Fsp3) is 0.520. The molecule has 2 aromatic carbocycles. The van der Waals surface area contributed by atoms with E-state index in [4.69, 9.17) is 11.6 Å². The van der Waals surface area contributed by atoms with Gasteiger partial charge < -0.3 is 0 Å². The van der Waals surface area contributed by atoms with E-state index in [1.807, 2.05) is 16.4 Å². The highest BCUT2D eigenvalue weighted by Gasteiger charge is 2.50. The highest BCUT2D eigenvalue weighted by Crippen LogP contribution is 2.53. The molecule has 1 atom stereocenters. The number of nitrogens with zero attached hydrogens (tertiary/aromatic N) is 1. The van der Waals surface area contributed by atoms with Gasteiger partial charge in [-0.1, -0.05) is 50.5 Å². The molecule has 5 heteroatoms. The van der Waals surface area contributed by atoms with Crippen molar-refractivity contribution in [3.05, 3.63) is 58.7 Å². The van der Waals surface area contributed by atoms with E-state index in [1.165, 1.54) is 17.5 Å². The van der Waals surface area contributed by atoms with Gasteiger partial charge in [0.2, 0.25) is 0 Å². The van der Waals surface area contributed by atoms with Crippen LogP contribution in [-0.4, -0.2) is 19.8 Å². The average molecular weight is 446 g/mol. The maximum absolute atomic E-state index is 14.2. The molecule has 1 unspecified atom stereocenters. The fourth-order valence-corrected chi connectivity index (χ4v) is 7.90. The monoisotopic (exact) mass is 445 g/mol. The molecule has 0 saturated heterocycles. The van der Waals surface area contributed by atoms with E-state index < -0.39 is 10.0 Å². The fourth-order valence-electron chi connectivity index (χ4n) is 5.74. The normalized spacial score (nSPS) is 20.9. The van der Waals surface area contributed by atoms with E-state index in [1.54, 1.807) is 12.1 Å². The van der Waals surface area contributed by atoms with Gasteiger partial charge >= 0.3 is 0 Å². The maximum atomic E-state index is 14.2. The van der Waals surface area contributed by atoms with Gasteiger partial charge in [-0.05, 0) is 79.8 Å². The van der Waals surface area contributed by atoms with Crippen LogP contribution in [0.1, 0.15) is 73.6 Å². The van der Waals surface area contributed by atoms with Crippen LogP contribution in [-0.2, 0) is 16.4 Å². The first kappa shape index (κ1) is 21.7. The number of benzene rings is 2. The SMILES string of the molecule is Cc1ccc(C)c2c1C(C)CC1(CCCCC1)N2S(=O)(=O)c1ccc(CCCl)cc1. The number of anilines is 1. The predicted octanol–water partition coefficient (Wildman–Crippen LogP) is 6.49. The zero-order valence-electron chi connectivity index (χ0n) is 18.2. The lowest BCUT2D eigenvalue weighted by Gasteiger charge is -2.52. The Morgan fingerprint density at radius 3 is 2.27 bits per heavy atom. The predicted molar refractivity (Wildman–Crippen MR) is 125 cm³/mol. The number of hydrogen-bond acceptors (Lipinski definition) is 2. The first-order valence-electron chi connectivity index (χ1n) is 11.1. The average Bonchev–Trinajstić information content (AvgIpc) is 2.71. The number of aryl methyl sites for hydroxylation is 3. The van der Waals surface area contributed by atoms with Crippen molar-refractivity contribution in [2.24, 2.45) is 0 Å². The maximum Gasteiger partial charge on any atom is 0.264 e. The molecule has 0 bridgehead atoms. The lowest BCUT2D eigenvalue weighted by Crippen LogP contribution is -2.56. The summed E-state index contributed by atoms with van der Waals surface area (Å²) in [5, 5.41) is 0. The molecule has 1 aliphatic carbocycles. The molecule has 2 aliphatic rings. The molecule has 1 aliphatic heterocycles. The number of fused-ring (bicyclic) bond motifs is 1. The standard InChI is InChI=1S/C25H32ClNO2S/c1-18-7-8-19(2)24-23(18)20(3)17-25(14-5-4-6-15-25)27(24)30(28,29)22-11-9-21(10-12-22)13-16-26/h7-12,20H,4-6,13-17H2,1-3H3. The topological polar surface area (TPSA) is 37.4 Å². The molecule has 4 rings (SSSR count). The number of sulfonamides is 1. The van der Waals surface area contributed by atoms with Crippen LogP contribution in [0.15, 0.2) is 41.3 Å². The highest BCUT2D eigenvalue weighted by atomic mass is 35.5. The first-order valence-corrected chi connectivity index (χ1v) is 13.1. The van der Waals surface area contributed by atoms with E-state index in [0.29, 0.717) is 16.7 Å². The van der Waals surface area contributed by atoms with Gasteiger partial charge in [0.05, 0.1) is 16.1 Å². The van der Waals surface area contributed by atoms with Gasteiger partial charge in [-0.2, -0.15) is 0 Å². The second-order valence-corrected chi connectivity index (χ2v) is 11.4. The quantitative estimate of drug-likeness (QED) is 0.504. The molecule has 0 aromatic heterocycles. The first-order chi connectivity index (χ1) is 14.3. The smallest absolute Gasteiger partial charge is 0.260 e. The number of halogens is 1. The minimum Gasteiger partial charge on any atom is -0.260 e. The summed E-state index contributed by atoms with van der Waals surface area (Å²) in [6.07, 6.45) is 6.89. The zero-order valence-corrected chi connectivity index (χ0v) is 19.8. The van der Waals surface area contributed by atoms with E-state index in [2.05, 4.69) is 32.9 Å². The molecule has 0 N–H and O–H groups in total. The summed E-state index contributed by atoms with van der Waals surface area (Å²) in [5.74, 6) is 0.890. The Morgan fingerprint density at radius 1 is 1.00 bits per heavy atom. The van der Waals surface area contributed by atoms with Gasteiger partial charge in [0.25, 0.3) is 10.0 Å². The van der Waals surface area contributed by atoms with Gasteiger partial charge in [0, 0.05) is 5.88 Å². The van der Waals surface area contributed by atoms with Crippen LogP contribution in [0, 0.1) is 13.8 Å². The van der Waals surface area contributed by atoms with Crippen molar-refractivity contribution in [2.45, 2.75) is 82.1 Å². The van der Waals surface area contributed by atoms with Crippen LogP contribution in [0.5, 0.6) is 0 Å². The van der Waals surface area contributed by atoms with Crippen molar-refractivity contribution < 1.29 is 8.42 Å². The summed E-state index contributed by atoms with van der Waals surface area (Å²) < 4.78 is 30.2. The molecule has 1 fully saturated rings. The molecule has 0 amide bonds. The summed E-state index contributed by atoms with van der Waals surface area (Å²) in [7, 11) is -3.68. The van der Waals surface area contributed by atoms with Crippen molar-refractivity contribution in [1.82, 2.24) is 0 Å². The molecular formula is C25H32ClNO2S. The third kappa shape index (κ3) is 3.56. The molecular weight excluding hydrogens is 414 g/mol. The molecule has 2 aromatic rings. The third-order valence-corrected chi connectivity index (χ3v) is 9.19. The Bertz CT molecular complexity index is 1020. The minimum absolute atomic E-state index is 0.323. The van der Waals surface area contributed by atoms with E-state index in [-0.39, 0.29) is 5.54 Å². The van der Waals surface area contributed by atoms with Crippen molar-refractivity contribution in [3.63, 3.8) is 0 Å². The van der Waals surface area contributed by atoms with Gasteiger partial charge in [-0.25, -0.2) is 8.42 Å². The second-order valence-electron chi connectivity index (χ2n) is 9.20. The van der Waals surface area contributed by atoms with E-state index >= 15 is 0 Å². The lowest BCUT2D eigenvalue weighted by atomic mass is 9.70. The number of rotatable bonds is 4. The summed E-state index contributed by atoms with van der Waals surface area (Å²) in [6, 6.07) is 11.5. The van der Waals surface area contributed by atoms with Crippen LogP contribution in [0.3, 0.4) is 0 Å². The van der Waals surface area contributed by atoms with E-state index in [9.17, 15) is 8.42 Å². The Kier molecular flexibility index (Phi) is 5.93. The molecule has 1 heterocycles. The zero-order chi connectivity index (χ0) is 21.5. The summed E-state index contributed by atoms with van der Waals surface area (Å²) >= 11 is 5.86. The van der Waals surface area contributed by atoms with Crippen molar-refractivity contribution >= 4 is 27.3 Å². The summed E-state index contributed by atoms with van der Waals surface area (Å²) in [6.45, 7) is 6.44. The van der Waals surface area contributed by atoms with Crippen LogP contribution in [0.2, 0.25) is 0 Å². The Labute approximate surface area is 186 Å². The van der Waals surface area contributed by atoms with Gasteiger partial charge in [-0.3, -0.25) is 4.31 Å². The molecule has 0 radical (unpaired) electrons. The third-order valence-electron chi connectivity index (χ3n) is 7.08. The van der Waals surface area contributed by atoms with Crippen LogP contribution in [0.25, 0.3) is 0 Å². The van der Waals surface area contributed by atoms with Gasteiger partial charge in [0.1, 0.15) is 0 Å². The molecule has 30 heavy (non-hydrogen) atoms. The minimum atomic E-state index is -3.68. The highest BCUT2D eigenvalue weighted by molar-refractivity contribution is 7.93. The number of alkyl halides is 1. The molecule has 162 valence electrons. The largest absolute Gasteiger partial charge is 0.264 e. The Morgan fingerprint density at radius 2 is 1.63 bits per heavy atom. The summed E-state index contributed by atoms with van der Waals surface area (Å²) in [5.41, 5.74) is 5.11. The van der Waals surface area contributed by atoms with Gasteiger partial charge in [-0.15, -0.1) is 11.6 Å². The Balaban J connectivity index is 1.91. The lowest BCUT2D eigenvalue weighted by molar-refractivity contribution is 0.257. The van der Waals surface area contributed by atoms with E-state index in [0.717, 1.165) is 55.3 Å². The number of hydrogen-bond donors (Lipinski definition) is 0. The van der Waals surface area contributed by atoms with Crippen LogP contribution < -0.4 is 4.31 Å². The summed E-state index contributed by atoms with van der Waals surface area (Å²) in [4.78, 5) is 0.382. The molecule has 1 spiro atoms. The van der Waals surface area contributed by atoms with Crippen molar-refractivity contribution in [2.75, 3.05) is 10.2 Å². The van der Waals surface area contributed by atoms with Crippen LogP contribution in [0.4, 0.5) is 5.69 Å². The van der Waals surface area contributed by atoms with Gasteiger partial charge in [0.15, 0.2) is 0 Å². The molecule has 3 nitrogen and oxygen atoms in total. The molecule has 1 saturated carbocycles. The second kappa shape index (κ2) is 8.20. The Hall–Kier alpha value is -1.52. The van der Waals surface area contributed by atoms with Crippen LogP contribution >= 0.6 is 11.6 Å².